The molecule has 2 N–H and O–H groups in total. The van der Waals surface area contributed by atoms with E-state index in [4.69, 9.17) is 4.74 Å². The molecule has 4 nitrogen and oxygen atoms in total. The minimum atomic E-state index is -0.127. The number of ether oxygens (including phenoxy) is 1. The molecular formula is C17H34N2O2. The van der Waals surface area contributed by atoms with Crippen molar-refractivity contribution in [1.82, 2.24) is 10.2 Å². The van der Waals surface area contributed by atoms with E-state index in [1.54, 1.807) is 0 Å². The largest absolute Gasteiger partial charge is 0.393 e. The van der Waals surface area contributed by atoms with Crippen LogP contribution < -0.4 is 5.32 Å². The number of nitrogens with zero attached hydrogens (tertiary/aromatic N) is 1. The van der Waals surface area contributed by atoms with E-state index in [1.165, 1.54) is 0 Å². The summed E-state index contributed by atoms with van der Waals surface area (Å²) in [6, 6.07) is 0.381. The van der Waals surface area contributed by atoms with Crippen LogP contribution in [0, 0.1) is 11.8 Å². The van der Waals surface area contributed by atoms with E-state index in [2.05, 4.69) is 51.9 Å². The number of likely N-dealkylation sites (N-methyl/N-ethyl adjacent to an activating group) is 1. The monoisotopic (exact) mass is 298 g/mol. The van der Waals surface area contributed by atoms with Gasteiger partial charge in [0.15, 0.2) is 0 Å². The van der Waals surface area contributed by atoms with Crippen molar-refractivity contribution in [3.8, 4) is 0 Å². The van der Waals surface area contributed by atoms with Crippen LogP contribution in [0.1, 0.15) is 47.5 Å². The number of nitrogens with one attached hydrogen (secondary N) is 1. The SMILES string of the molecule is CCNC1C(CN(C)CC2CC(O)C2)C(C)(C)OC1(C)C. The van der Waals surface area contributed by atoms with Crippen LogP contribution >= 0.6 is 0 Å². The smallest absolute Gasteiger partial charge is 0.0790 e. The Morgan fingerprint density at radius 3 is 2.29 bits per heavy atom. The minimum Gasteiger partial charge on any atom is -0.393 e. The van der Waals surface area contributed by atoms with Gasteiger partial charge in [-0.3, -0.25) is 0 Å². The lowest BCUT2D eigenvalue weighted by molar-refractivity contribution is -0.0798. The highest BCUT2D eigenvalue weighted by atomic mass is 16.5. The van der Waals surface area contributed by atoms with Crippen molar-refractivity contribution in [2.45, 2.75) is 70.8 Å². The Kier molecular flexibility index (Phi) is 5.04. The molecule has 1 aliphatic carbocycles. The predicted molar refractivity (Wildman–Crippen MR) is 86.4 cm³/mol. The summed E-state index contributed by atoms with van der Waals surface area (Å²) in [6.45, 7) is 14.1. The normalized spacial score (nSPS) is 37.7. The molecule has 1 saturated heterocycles. The first-order valence-electron chi connectivity index (χ1n) is 8.46. The van der Waals surface area contributed by atoms with E-state index >= 15 is 0 Å². The molecule has 0 bridgehead atoms. The van der Waals surface area contributed by atoms with E-state index in [0.29, 0.717) is 17.9 Å². The molecule has 2 unspecified atom stereocenters. The first-order chi connectivity index (χ1) is 9.65. The number of rotatable bonds is 6. The highest BCUT2D eigenvalue weighted by molar-refractivity contribution is 5.06. The van der Waals surface area contributed by atoms with Crippen LogP contribution in [0.4, 0.5) is 0 Å². The second kappa shape index (κ2) is 6.15. The molecule has 2 atom stereocenters. The predicted octanol–water partition coefficient (Wildman–Crippen LogP) is 1.87. The van der Waals surface area contributed by atoms with Crippen molar-refractivity contribution < 1.29 is 9.84 Å². The van der Waals surface area contributed by atoms with Gasteiger partial charge in [-0.15, -0.1) is 0 Å². The van der Waals surface area contributed by atoms with E-state index in [1.807, 2.05) is 0 Å². The van der Waals surface area contributed by atoms with Gasteiger partial charge in [-0.05, 0) is 60.0 Å². The molecule has 0 aromatic heterocycles. The summed E-state index contributed by atoms with van der Waals surface area (Å²) >= 11 is 0. The molecule has 124 valence electrons. The highest BCUT2D eigenvalue weighted by Crippen LogP contribution is 2.42. The minimum absolute atomic E-state index is 0.0527. The number of hydrogen-bond acceptors (Lipinski definition) is 4. The molecule has 0 amide bonds. The lowest BCUT2D eigenvalue weighted by atomic mass is 9.80. The lowest BCUT2D eigenvalue weighted by Gasteiger charge is -2.38. The number of aliphatic hydroxyl groups is 1. The van der Waals surface area contributed by atoms with Gasteiger partial charge in [0.25, 0.3) is 0 Å². The molecular weight excluding hydrogens is 264 g/mol. The zero-order valence-corrected chi connectivity index (χ0v) is 14.6. The van der Waals surface area contributed by atoms with E-state index in [9.17, 15) is 5.11 Å². The average Bonchev–Trinajstić information content (AvgIpc) is 2.45. The Hall–Kier alpha value is -0.160. The zero-order valence-electron chi connectivity index (χ0n) is 14.6. The third-order valence-electron chi connectivity index (χ3n) is 5.28. The van der Waals surface area contributed by atoms with Gasteiger partial charge in [-0.25, -0.2) is 0 Å². The van der Waals surface area contributed by atoms with Gasteiger partial charge in [-0.2, -0.15) is 0 Å². The van der Waals surface area contributed by atoms with E-state index in [-0.39, 0.29) is 17.3 Å². The van der Waals surface area contributed by atoms with Crippen LogP contribution in [0.5, 0.6) is 0 Å². The Balaban J connectivity index is 1.97. The first-order valence-corrected chi connectivity index (χ1v) is 8.46. The van der Waals surface area contributed by atoms with E-state index < -0.39 is 0 Å². The third-order valence-corrected chi connectivity index (χ3v) is 5.28. The second-order valence-corrected chi connectivity index (χ2v) is 8.16. The summed E-state index contributed by atoms with van der Waals surface area (Å²) in [5.41, 5.74) is -0.235. The molecule has 0 spiro atoms. The second-order valence-electron chi connectivity index (χ2n) is 8.16. The molecule has 1 aliphatic heterocycles. The number of aliphatic hydroxyl groups excluding tert-OH is 1. The van der Waals surface area contributed by atoms with Gasteiger partial charge in [0.05, 0.1) is 17.3 Å². The molecule has 0 aromatic rings. The molecule has 2 aliphatic rings. The molecule has 0 radical (unpaired) electrons. The van der Waals surface area contributed by atoms with Crippen molar-refractivity contribution in [3.05, 3.63) is 0 Å². The van der Waals surface area contributed by atoms with Gasteiger partial charge in [0.1, 0.15) is 0 Å². The van der Waals surface area contributed by atoms with Crippen molar-refractivity contribution in [2.24, 2.45) is 11.8 Å². The Morgan fingerprint density at radius 1 is 1.14 bits per heavy atom. The van der Waals surface area contributed by atoms with Crippen LogP contribution in [-0.2, 0) is 4.74 Å². The Labute approximate surface area is 130 Å². The summed E-state index contributed by atoms with van der Waals surface area (Å²) < 4.78 is 6.35. The molecule has 2 fully saturated rings. The maximum Gasteiger partial charge on any atom is 0.0790 e. The fourth-order valence-electron chi connectivity index (χ4n) is 4.34. The fourth-order valence-corrected chi connectivity index (χ4v) is 4.34. The molecule has 0 aromatic carbocycles. The maximum atomic E-state index is 9.43. The van der Waals surface area contributed by atoms with E-state index in [0.717, 1.165) is 32.5 Å². The fraction of sp³-hybridized carbons (Fsp3) is 1.00. The third kappa shape index (κ3) is 3.79. The molecule has 21 heavy (non-hydrogen) atoms. The van der Waals surface area contributed by atoms with Gasteiger partial charge in [0.2, 0.25) is 0 Å². The quantitative estimate of drug-likeness (QED) is 0.786. The molecule has 4 heteroatoms. The zero-order chi connectivity index (χ0) is 15.8. The van der Waals surface area contributed by atoms with Crippen molar-refractivity contribution in [2.75, 3.05) is 26.7 Å². The summed E-state index contributed by atoms with van der Waals surface area (Å²) in [4.78, 5) is 2.43. The summed E-state index contributed by atoms with van der Waals surface area (Å²) in [5.74, 6) is 1.14. The van der Waals surface area contributed by atoms with Crippen LogP contribution in [0.15, 0.2) is 0 Å². The first kappa shape index (κ1) is 17.2. The summed E-state index contributed by atoms with van der Waals surface area (Å²) in [6.07, 6.45) is 1.89. The number of hydrogen-bond donors (Lipinski definition) is 2. The maximum absolute atomic E-state index is 9.43. The van der Waals surface area contributed by atoms with Gasteiger partial charge < -0.3 is 20.1 Å². The van der Waals surface area contributed by atoms with Crippen molar-refractivity contribution >= 4 is 0 Å². The van der Waals surface area contributed by atoms with Crippen LogP contribution in [-0.4, -0.2) is 60.0 Å². The lowest BCUT2D eigenvalue weighted by Crippen LogP contribution is -2.51. The topological polar surface area (TPSA) is 44.7 Å². The van der Waals surface area contributed by atoms with Gasteiger partial charge in [0, 0.05) is 25.0 Å². The molecule has 2 rings (SSSR count). The standard InChI is InChI=1S/C17H34N2O2/c1-7-18-15-14(16(2,3)21-17(15,4)5)11-19(6)10-12-8-13(20)9-12/h12-15,18,20H,7-11H2,1-6H3. The highest BCUT2D eigenvalue weighted by Gasteiger charge is 2.53. The summed E-state index contributed by atoms with van der Waals surface area (Å²) in [5, 5.41) is 13.1. The van der Waals surface area contributed by atoms with Crippen molar-refractivity contribution in [3.63, 3.8) is 0 Å². The Morgan fingerprint density at radius 2 is 1.76 bits per heavy atom. The van der Waals surface area contributed by atoms with Gasteiger partial charge >= 0.3 is 0 Å². The van der Waals surface area contributed by atoms with Crippen LogP contribution in [0.25, 0.3) is 0 Å². The molecule has 1 heterocycles. The van der Waals surface area contributed by atoms with Gasteiger partial charge in [-0.1, -0.05) is 6.92 Å². The Bertz CT molecular complexity index is 351. The van der Waals surface area contributed by atoms with Crippen molar-refractivity contribution in [1.29, 1.82) is 0 Å². The molecule has 1 saturated carbocycles. The van der Waals surface area contributed by atoms with Crippen LogP contribution in [0.2, 0.25) is 0 Å². The average molecular weight is 298 g/mol. The van der Waals surface area contributed by atoms with Crippen LogP contribution in [0.3, 0.4) is 0 Å². The summed E-state index contributed by atoms with van der Waals surface area (Å²) in [7, 11) is 2.20.